The normalized spacial score (nSPS) is 10.2. The van der Waals surface area contributed by atoms with Gasteiger partial charge in [0.2, 0.25) is 0 Å². The Morgan fingerprint density at radius 3 is 1.95 bits per heavy atom. The van der Waals surface area contributed by atoms with Crippen LogP contribution in [0.4, 0.5) is 0 Å². The maximum Gasteiger partial charge on any atom is 0.130 e. The van der Waals surface area contributed by atoms with Gasteiger partial charge in [-0.2, -0.15) is 0 Å². The van der Waals surface area contributed by atoms with Crippen molar-refractivity contribution in [1.82, 2.24) is 0 Å². The second-order valence-corrected chi connectivity index (χ2v) is 4.69. The van der Waals surface area contributed by atoms with Crippen LogP contribution in [0.15, 0.2) is 84.9 Å². The molecule has 0 saturated carbocycles. The molecule has 0 N–H and O–H groups in total. The van der Waals surface area contributed by atoms with Gasteiger partial charge in [0.1, 0.15) is 11.5 Å². The third-order valence-corrected chi connectivity index (χ3v) is 3.18. The Labute approximate surface area is 119 Å². The van der Waals surface area contributed by atoms with Gasteiger partial charge >= 0.3 is 0 Å². The molecule has 0 aliphatic rings. The second kappa shape index (κ2) is 6.07. The van der Waals surface area contributed by atoms with Crippen LogP contribution in [0, 0.1) is 0 Å². The van der Waals surface area contributed by atoms with Gasteiger partial charge in [0.05, 0.1) is 0 Å². The summed E-state index contributed by atoms with van der Waals surface area (Å²) in [4.78, 5) is 0. The molecule has 0 unspecified atom stereocenters. The Morgan fingerprint density at radius 2 is 1.20 bits per heavy atom. The monoisotopic (exact) mass is 260 g/mol. The van der Waals surface area contributed by atoms with Crippen molar-refractivity contribution in [3.05, 3.63) is 96.1 Å². The molecule has 98 valence electrons. The van der Waals surface area contributed by atoms with Crippen LogP contribution < -0.4 is 4.74 Å². The summed E-state index contributed by atoms with van der Waals surface area (Å²) in [6, 6.07) is 28.5. The molecule has 0 aliphatic heterocycles. The molecule has 0 atom stereocenters. The Bertz CT molecular complexity index is 599. The molecule has 0 aromatic heterocycles. The summed E-state index contributed by atoms with van der Waals surface area (Å²) < 4.78 is 5.98. The highest BCUT2D eigenvalue weighted by Gasteiger charge is 2.05. The molecule has 3 rings (SSSR count). The van der Waals surface area contributed by atoms with Crippen LogP contribution in [0.3, 0.4) is 0 Å². The fraction of sp³-hybridized carbons (Fsp3) is 0.0526. The number of para-hydroxylation sites is 2. The largest absolute Gasteiger partial charge is 0.457 e. The molecule has 0 aliphatic carbocycles. The molecular formula is C19H16O. The van der Waals surface area contributed by atoms with Crippen molar-refractivity contribution in [3.63, 3.8) is 0 Å². The lowest BCUT2D eigenvalue weighted by Crippen LogP contribution is -1.93. The summed E-state index contributed by atoms with van der Waals surface area (Å²) in [5, 5.41) is 0. The van der Waals surface area contributed by atoms with Gasteiger partial charge in [-0.25, -0.2) is 0 Å². The van der Waals surface area contributed by atoms with Crippen molar-refractivity contribution < 1.29 is 4.74 Å². The second-order valence-electron chi connectivity index (χ2n) is 4.69. The van der Waals surface area contributed by atoms with Crippen LogP contribution in [-0.2, 0) is 6.42 Å². The topological polar surface area (TPSA) is 9.23 Å². The molecular weight excluding hydrogens is 244 g/mol. The van der Waals surface area contributed by atoms with Crippen molar-refractivity contribution in [2.75, 3.05) is 0 Å². The lowest BCUT2D eigenvalue weighted by atomic mass is 10.0. The third kappa shape index (κ3) is 3.07. The van der Waals surface area contributed by atoms with E-state index in [9.17, 15) is 0 Å². The van der Waals surface area contributed by atoms with Crippen LogP contribution in [0.25, 0.3) is 0 Å². The first-order valence-electron chi connectivity index (χ1n) is 6.76. The minimum absolute atomic E-state index is 0.869. The Kier molecular flexibility index (Phi) is 3.79. The lowest BCUT2D eigenvalue weighted by molar-refractivity contribution is 0.477. The molecule has 0 amide bonds. The van der Waals surface area contributed by atoms with Gasteiger partial charge in [0.15, 0.2) is 0 Å². The molecule has 0 spiro atoms. The minimum atomic E-state index is 0.869. The standard InChI is InChI=1S/C19H16O/c1-3-9-16(10-4-1)15-17-11-7-8-14-19(17)20-18-12-5-2-6-13-18/h1-14H,15H2. The van der Waals surface area contributed by atoms with Crippen molar-refractivity contribution in [2.24, 2.45) is 0 Å². The maximum atomic E-state index is 5.98. The number of hydrogen-bond donors (Lipinski definition) is 0. The molecule has 1 heteroatoms. The van der Waals surface area contributed by atoms with Crippen LogP contribution in [0.5, 0.6) is 11.5 Å². The molecule has 0 bridgehead atoms. The summed E-state index contributed by atoms with van der Waals surface area (Å²) in [5.74, 6) is 1.79. The van der Waals surface area contributed by atoms with Gasteiger partial charge < -0.3 is 4.74 Å². The first-order chi connectivity index (χ1) is 9.92. The number of ether oxygens (including phenoxy) is 1. The van der Waals surface area contributed by atoms with Gasteiger partial charge in [-0.3, -0.25) is 0 Å². The van der Waals surface area contributed by atoms with Crippen molar-refractivity contribution >= 4 is 0 Å². The average Bonchev–Trinajstić information content (AvgIpc) is 2.51. The van der Waals surface area contributed by atoms with E-state index in [2.05, 4.69) is 36.4 Å². The molecule has 3 aromatic rings. The van der Waals surface area contributed by atoms with E-state index in [0.29, 0.717) is 0 Å². The molecule has 0 heterocycles. The van der Waals surface area contributed by atoms with Crippen LogP contribution in [0.2, 0.25) is 0 Å². The highest BCUT2D eigenvalue weighted by atomic mass is 16.5. The summed E-state index contributed by atoms with van der Waals surface area (Å²) in [6.07, 6.45) is 0.879. The Hall–Kier alpha value is -2.54. The first-order valence-corrected chi connectivity index (χ1v) is 6.76. The van der Waals surface area contributed by atoms with Crippen LogP contribution >= 0.6 is 0 Å². The molecule has 1 nitrogen and oxygen atoms in total. The molecule has 3 aromatic carbocycles. The van der Waals surface area contributed by atoms with E-state index in [-0.39, 0.29) is 0 Å². The maximum absolute atomic E-state index is 5.98. The zero-order chi connectivity index (χ0) is 13.6. The summed E-state index contributed by atoms with van der Waals surface area (Å²) in [5.41, 5.74) is 2.49. The highest BCUT2D eigenvalue weighted by Crippen LogP contribution is 2.26. The predicted molar refractivity (Wildman–Crippen MR) is 82.2 cm³/mol. The minimum Gasteiger partial charge on any atom is -0.457 e. The molecule has 0 radical (unpaired) electrons. The number of hydrogen-bond acceptors (Lipinski definition) is 1. The molecule has 0 saturated heterocycles. The SMILES string of the molecule is c1ccc(Cc2ccccc2Oc2ccccc2)cc1. The third-order valence-electron chi connectivity index (χ3n) is 3.18. The van der Waals surface area contributed by atoms with E-state index >= 15 is 0 Å². The molecule has 0 fully saturated rings. The fourth-order valence-electron chi connectivity index (χ4n) is 2.18. The zero-order valence-corrected chi connectivity index (χ0v) is 11.2. The van der Waals surface area contributed by atoms with Gasteiger partial charge in [0.25, 0.3) is 0 Å². The van der Waals surface area contributed by atoms with Crippen molar-refractivity contribution in [1.29, 1.82) is 0 Å². The van der Waals surface area contributed by atoms with E-state index in [4.69, 9.17) is 4.74 Å². The lowest BCUT2D eigenvalue weighted by Gasteiger charge is -2.11. The van der Waals surface area contributed by atoms with Crippen molar-refractivity contribution in [3.8, 4) is 11.5 Å². The van der Waals surface area contributed by atoms with E-state index in [1.54, 1.807) is 0 Å². The smallest absolute Gasteiger partial charge is 0.130 e. The van der Waals surface area contributed by atoms with Gasteiger partial charge in [-0.1, -0.05) is 66.7 Å². The van der Waals surface area contributed by atoms with Gasteiger partial charge in [0, 0.05) is 6.42 Å². The van der Waals surface area contributed by atoms with Crippen LogP contribution in [0.1, 0.15) is 11.1 Å². The van der Waals surface area contributed by atoms with Crippen LogP contribution in [-0.4, -0.2) is 0 Å². The Morgan fingerprint density at radius 1 is 0.600 bits per heavy atom. The fourth-order valence-corrected chi connectivity index (χ4v) is 2.18. The molecule has 20 heavy (non-hydrogen) atoms. The van der Waals surface area contributed by atoms with Gasteiger partial charge in [-0.05, 0) is 29.3 Å². The zero-order valence-electron chi connectivity index (χ0n) is 11.2. The van der Waals surface area contributed by atoms with E-state index in [1.165, 1.54) is 11.1 Å². The van der Waals surface area contributed by atoms with E-state index < -0.39 is 0 Å². The number of benzene rings is 3. The average molecular weight is 260 g/mol. The van der Waals surface area contributed by atoms with E-state index in [0.717, 1.165) is 17.9 Å². The quantitative estimate of drug-likeness (QED) is 0.636. The highest BCUT2D eigenvalue weighted by molar-refractivity contribution is 5.40. The summed E-state index contributed by atoms with van der Waals surface area (Å²) in [6.45, 7) is 0. The summed E-state index contributed by atoms with van der Waals surface area (Å²) >= 11 is 0. The van der Waals surface area contributed by atoms with Gasteiger partial charge in [-0.15, -0.1) is 0 Å². The Balaban J connectivity index is 1.85. The first kappa shape index (κ1) is 12.5. The number of rotatable bonds is 4. The van der Waals surface area contributed by atoms with Crippen molar-refractivity contribution in [2.45, 2.75) is 6.42 Å². The van der Waals surface area contributed by atoms with E-state index in [1.807, 2.05) is 48.5 Å². The summed E-state index contributed by atoms with van der Waals surface area (Å²) in [7, 11) is 0. The predicted octanol–water partition coefficient (Wildman–Crippen LogP) is 5.07.